The molecule has 1 amide bonds. The van der Waals surface area contributed by atoms with Gasteiger partial charge in [0.2, 0.25) is 5.91 Å². The lowest BCUT2D eigenvalue weighted by molar-refractivity contribution is -0.121. The van der Waals surface area contributed by atoms with Gasteiger partial charge in [0.05, 0.1) is 0 Å². The van der Waals surface area contributed by atoms with E-state index in [0.29, 0.717) is 6.54 Å². The SMILES string of the molecule is O=C(NCCCc1ccccc1Cl)C1C=CCN1. The average molecular weight is 265 g/mol. The molecular weight excluding hydrogens is 248 g/mol. The Morgan fingerprint density at radius 3 is 3.00 bits per heavy atom. The van der Waals surface area contributed by atoms with Crippen LogP contribution in [-0.2, 0) is 11.2 Å². The van der Waals surface area contributed by atoms with Crippen molar-refractivity contribution in [1.29, 1.82) is 0 Å². The molecule has 18 heavy (non-hydrogen) atoms. The summed E-state index contributed by atoms with van der Waals surface area (Å²) in [4.78, 5) is 11.7. The molecule has 2 N–H and O–H groups in total. The van der Waals surface area contributed by atoms with Crippen molar-refractivity contribution in [3.8, 4) is 0 Å². The number of nitrogens with one attached hydrogen (secondary N) is 2. The summed E-state index contributed by atoms with van der Waals surface area (Å²) in [5.74, 6) is 0.0444. The van der Waals surface area contributed by atoms with E-state index in [2.05, 4.69) is 10.6 Å². The van der Waals surface area contributed by atoms with E-state index in [9.17, 15) is 4.79 Å². The molecule has 96 valence electrons. The van der Waals surface area contributed by atoms with Crippen LogP contribution in [0.25, 0.3) is 0 Å². The van der Waals surface area contributed by atoms with Gasteiger partial charge in [-0.25, -0.2) is 0 Å². The molecule has 0 radical (unpaired) electrons. The first-order valence-corrected chi connectivity index (χ1v) is 6.56. The molecule has 0 spiro atoms. The Morgan fingerprint density at radius 1 is 1.44 bits per heavy atom. The molecule has 1 atom stereocenters. The standard InChI is InChI=1S/C14H17ClN2O/c15-12-7-2-1-5-11(12)6-3-10-17-14(18)13-8-4-9-16-13/h1-2,4-5,7-8,13,16H,3,6,9-10H2,(H,17,18). The minimum absolute atomic E-state index is 0.0444. The van der Waals surface area contributed by atoms with Crippen LogP contribution >= 0.6 is 11.6 Å². The lowest BCUT2D eigenvalue weighted by Crippen LogP contribution is -2.40. The van der Waals surface area contributed by atoms with Crippen LogP contribution in [0, 0.1) is 0 Å². The van der Waals surface area contributed by atoms with E-state index in [1.54, 1.807) is 0 Å². The second kappa shape index (κ2) is 6.57. The van der Waals surface area contributed by atoms with Gasteiger partial charge in [0.15, 0.2) is 0 Å². The van der Waals surface area contributed by atoms with Crippen LogP contribution < -0.4 is 10.6 Å². The number of halogens is 1. The third kappa shape index (κ3) is 3.59. The Labute approximate surface area is 112 Å². The highest BCUT2D eigenvalue weighted by atomic mass is 35.5. The fourth-order valence-electron chi connectivity index (χ4n) is 1.95. The molecule has 0 fully saturated rings. The van der Waals surface area contributed by atoms with Crippen LogP contribution in [-0.4, -0.2) is 25.0 Å². The Kier molecular flexibility index (Phi) is 4.79. The molecule has 1 aromatic rings. The molecule has 3 nitrogen and oxygen atoms in total. The second-order valence-electron chi connectivity index (χ2n) is 4.30. The Hall–Kier alpha value is -1.32. The van der Waals surface area contributed by atoms with Gasteiger partial charge in [-0.1, -0.05) is 42.0 Å². The highest BCUT2D eigenvalue weighted by Crippen LogP contribution is 2.16. The van der Waals surface area contributed by atoms with Gasteiger partial charge < -0.3 is 5.32 Å². The molecule has 1 heterocycles. The number of benzene rings is 1. The molecule has 1 aliphatic rings. The molecule has 0 saturated heterocycles. The van der Waals surface area contributed by atoms with Crippen LogP contribution in [0.3, 0.4) is 0 Å². The largest absolute Gasteiger partial charge is 0.354 e. The number of rotatable bonds is 5. The van der Waals surface area contributed by atoms with Crippen LogP contribution in [0.15, 0.2) is 36.4 Å². The molecule has 0 saturated carbocycles. The summed E-state index contributed by atoms with van der Waals surface area (Å²) >= 11 is 6.06. The monoisotopic (exact) mass is 264 g/mol. The van der Waals surface area contributed by atoms with Crippen molar-refractivity contribution in [1.82, 2.24) is 10.6 Å². The summed E-state index contributed by atoms with van der Waals surface area (Å²) in [6.07, 6.45) is 5.64. The first-order valence-electron chi connectivity index (χ1n) is 6.18. The first-order chi connectivity index (χ1) is 8.77. The summed E-state index contributed by atoms with van der Waals surface area (Å²) < 4.78 is 0. The van der Waals surface area contributed by atoms with Crippen LogP contribution in [0.5, 0.6) is 0 Å². The highest BCUT2D eigenvalue weighted by molar-refractivity contribution is 6.31. The van der Waals surface area contributed by atoms with Gasteiger partial charge in [0.25, 0.3) is 0 Å². The Balaban J connectivity index is 1.68. The summed E-state index contributed by atoms with van der Waals surface area (Å²) in [6, 6.07) is 7.65. The van der Waals surface area contributed by atoms with Crippen molar-refractivity contribution >= 4 is 17.5 Å². The number of carbonyl (C=O) groups is 1. The van der Waals surface area contributed by atoms with Gasteiger partial charge in [0, 0.05) is 18.1 Å². The number of hydrogen-bond donors (Lipinski definition) is 2. The van der Waals surface area contributed by atoms with E-state index >= 15 is 0 Å². The van der Waals surface area contributed by atoms with Gasteiger partial charge in [-0.3, -0.25) is 10.1 Å². The zero-order valence-corrected chi connectivity index (χ0v) is 10.9. The maximum absolute atomic E-state index is 11.7. The third-order valence-corrected chi connectivity index (χ3v) is 3.32. The van der Waals surface area contributed by atoms with Gasteiger partial charge in [-0.05, 0) is 24.5 Å². The molecule has 1 aliphatic heterocycles. The number of carbonyl (C=O) groups excluding carboxylic acids is 1. The highest BCUT2D eigenvalue weighted by Gasteiger charge is 2.16. The van der Waals surface area contributed by atoms with Crippen molar-refractivity contribution < 1.29 is 4.79 Å². The zero-order chi connectivity index (χ0) is 12.8. The lowest BCUT2D eigenvalue weighted by Gasteiger charge is -2.10. The van der Waals surface area contributed by atoms with E-state index in [0.717, 1.165) is 30.0 Å². The van der Waals surface area contributed by atoms with Crippen molar-refractivity contribution in [3.05, 3.63) is 47.0 Å². The van der Waals surface area contributed by atoms with E-state index in [1.807, 2.05) is 36.4 Å². The fraction of sp³-hybridized carbons (Fsp3) is 0.357. The van der Waals surface area contributed by atoms with Crippen LogP contribution in [0.1, 0.15) is 12.0 Å². The van der Waals surface area contributed by atoms with Crippen LogP contribution in [0.2, 0.25) is 5.02 Å². The predicted molar refractivity (Wildman–Crippen MR) is 73.7 cm³/mol. The first kappa shape index (κ1) is 13.1. The summed E-state index contributed by atoms with van der Waals surface area (Å²) in [5.41, 5.74) is 1.13. The zero-order valence-electron chi connectivity index (χ0n) is 10.2. The smallest absolute Gasteiger partial charge is 0.241 e. The van der Waals surface area contributed by atoms with Crippen molar-refractivity contribution in [3.63, 3.8) is 0 Å². The Bertz CT molecular complexity index is 445. The van der Waals surface area contributed by atoms with E-state index < -0.39 is 0 Å². The van der Waals surface area contributed by atoms with E-state index in [-0.39, 0.29) is 11.9 Å². The van der Waals surface area contributed by atoms with Gasteiger partial charge in [-0.15, -0.1) is 0 Å². The van der Waals surface area contributed by atoms with Crippen molar-refractivity contribution in [2.45, 2.75) is 18.9 Å². The summed E-state index contributed by atoms with van der Waals surface area (Å²) in [6.45, 7) is 1.45. The summed E-state index contributed by atoms with van der Waals surface area (Å²) in [7, 11) is 0. The normalized spacial score (nSPS) is 17.9. The van der Waals surface area contributed by atoms with Crippen LogP contribution in [0.4, 0.5) is 0 Å². The number of aryl methyl sites for hydroxylation is 1. The predicted octanol–water partition coefficient (Wildman–Crippen LogP) is 1.92. The van der Waals surface area contributed by atoms with Crippen molar-refractivity contribution in [2.75, 3.05) is 13.1 Å². The number of amides is 1. The Morgan fingerprint density at radius 2 is 2.28 bits per heavy atom. The van der Waals surface area contributed by atoms with Crippen molar-refractivity contribution in [2.24, 2.45) is 0 Å². The van der Waals surface area contributed by atoms with E-state index in [4.69, 9.17) is 11.6 Å². The third-order valence-electron chi connectivity index (χ3n) is 2.95. The molecule has 0 aliphatic carbocycles. The maximum Gasteiger partial charge on any atom is 0.241 e. The quantitative estimate of drug-likeness (QED) is 0.630. The number of hydrogen-bond acceptors (Lipinski definition) is 2. The fourth-order valence-corrected chi connectivity index (χ4v) is 2.18. The maximum atomic E-state index is 11.7. The molecule has 2 rings (SSSR count). The second-order valence-corrected chi connectivity index (χ2v) is 4.71. The average Bonchev–Trinajstić information content (AvgIpc) is 2.90. The van der Waals surface area contributed by atoms with Gasteiger partial charge >= 0.3 is 0 Å². The lowest BCUT2D eigenvalue weighted by atomic mass is 10.1. The van der Waals surface area contributed by atoms with E-state index in [1.165, 1.54) is 0 Å². The molecular formula is C14H17ClN2O. The molecule has 0 bridgehead atoms. The summed E-state index contributed by atoms with van der Waals surface area (Å²) in [5, 5.41) is 6.79. The molecule has 0 aromatic heterocycles. The molecule has 1 aromatic carbocycles. The van der Waals surface area contributed by atoms with Gasteiger partial charge in [0.1, 0.15) is 6.04 Å². The minimum atomic E-state index is -0.162. The minimum Gasteiger partial charge on any atom is -0.354 e. The molecule has 1 unspecified atom stereocenters. The van der Waals surface area contributed by atoms with Gasteiger partial charge in [-0.2, -0.15) is 0 Å². The topological polar surface area (TPSA) is 41.1 Å². The molecule has 4 heteroatoms.